The number of hydrogen-bond acceptors (Lipinski definition) is 1. The number of halogens is 1. The molecule has 2 aromatic rings. The number of hydrogen-bond donors (Lipinski definition) is 0. The Kier molecular flexibility index (Phi) is 3.21. The Morgan fingerprint density at radius 3 is 2.45 bits per heavy atom. The monoisotopic (exact) mass is 296 g/mol. The molecule has 4 atom stereocenters. The van der Waals surface area contributed by atoms with Crippen LogP contribution in [0, 0.1) is 19.8 Å². The van der Waals surface area contributed by atoms with Crippen molar-refractivity contribution in [2.75, 3.05) is 0 Å². The van der Waals surface area contributed by atoms with Crippen LogP contribution in [0.4, 0.5) is 4.39 Å². The van der Waals surface area contributed by atoms with Crippen LogP contribution in [0.2, 0.25) is 0 Å². The van der Waals surface area contributed by atoms with Crippen molar-refractivity contribution in [1.29, 1.82) is 0 Å². The highest BCUT2D eigenvalue weighted by Crippen LogP contribution is 2.54. The van der Waals surface area contributed by atoms with Gasteiger partial charge in [-0.15, -0.1) is 0 Å². The fourth-order valence-electron chi connectivity index (χ4n) is 4.06. The second-order valence-corrected chi connectivity index (χ2v) is 6.83. The zero-order valence-corrected chi connectivity index (χ0v) is 13.1. The van der Waals surface area contributed by atoms with Crippen LogP contribution in [0.25, 0.3) is 0 Å². The lowest BCUT2D eigenvalue weighted by molar-refractivity contribution is 0.102. The zero-order chi connectivity index (χ0) is 15.3. The lowest BCUT2D eigenvalue weighted by Gasteiger charge is -2.36. The highest BCUT2D eigenvalue weighted by atomic mass is 19.1. The maximum atomic E-state index is 14.1. The Morgan fingerprint density at radius 1 is 0.955 bits per heavy atom. The van der Waals surface area contributed by atoms with Gasteiger partial charge in [0.05, 0.1) is 0 Å². The van der Waals surface area contributed by atoms with Crippen molar-refractivity contribution in [2.24, 2.45) is 5.92 Å². The summed E-state index contributed by atoms with van der Waals surface area (Å²) in [6, 6.07) is 14.8. The number of alkyl halides is 1. The number of aryl methyl sites for hydroxylation is 2. The van der Waals surface area contributed by atoms with Gasteiger partial charge < -0.3 is 4.74 Å². The largest absolute Gasteiger partial charge is 0.485 e. The Labute approximate surface area is 131 Å². The van der Waals surface area contributed by atoms with E-state index in [4.69, 9.17) is 4.74 Å². The van der Waals surface area contributed by atoms with Gasteiger partial charge in [-0.1, -0.05) is 47.5 Å². The third-order valence-electron chi connectivity index (χ3n) is 5.17. The maximum absolute atomic E-state index is 14.1. The third kappa shape index (κ3) is 2.22. The van der Waals surface area contributed by atoms with Gasteiger partial charge in [-0.25, -0.2) is 4.39 Å². The van der Waals surface area contributed by atoms with E-state index in [9.17, 15) is 4.39 Å². The highest BCUT2D eigenvalue weighted by molar-refractivity contribution is 5.44. The number of fused-ring (bicyclic) bond motifs is 3. The minimum atomic E-state index is -0.710. The summed E-state index contributed by atoms with van der Waals surface area (Å²) in [5, 5.41) is 0. The molecule has 0 N–H and O–H groups in total. The molecule has 1 heterocycles. The van der Waals surface area contributed by atoms with Gasteiger partial charge in [0.2, 0.25) is 0 Å². The fourth-order valence-corrected chi connectivity index (χ4v) is 4.06. The second kappa shape index (κ2) is 5.12. The molecule has 1 fully saturated rings. The van der Waals surface area contributed by atoms with Crippen molar-refractivity contribution >= 4 is 0 Å². The molecule has 2 aliphatic rings. The quantitative estimate of drug-likeness (QED) is 0.696. The van der Waals surface area contributed by atoms with E-state index >= 15 is 0 Å². The molecule has 0 aromatic heterocycles. The van der Waals surface area contributed by atoms with E-state index in [-0.39, 0.29) is 17.9 Å². The molecule has 0 radical (unpaired) electrons. The maximum Gasteiger partial charge on any atom is 0.127 e. The van der Waals surface area contributed by atoms with Crippen LogP contribution in [-0.2, 0) is 0 Å². The zero-order valence-electron chi connectivity index (χ0n) is 13.1. The van der Waals surface area contributed by atoms with E-state index in [1.54, 1.807) is 0 Å². The van der Waals surface area contributed by atoms with E-state index in [0.29, 0.717) is 12.8 Å². The SMILES string of the molecule is Cc1ccc([C@H]2Oc3ccc(C)cc3[C@H]3C[C@H](F)C[C@H]32)cc1. The molecule has 4 rings (SSSR count). The number of benzene rings is 2. The molecule has 0 amide bonds. The van der Waals surface area contributed by atoms with Crippen molar-refractivity contribution in [3.05, 3.63) is 64.7 Å². The van der Waals surface area contributed by atoms with Crippen LogP contribution in [0.1, 0.15) is 47.1 Å². The summed E-state index contributed by atoms with van der Waals surface area (Å²) < 4.78 is 20.4. The van der Waals surface area contributed by atoms with Crippen LogP contribution in [0.5, 0.6) is 5.75 Å². The lowest BCUT2D eigenvalue weighted by Crippen LogP contribution is -2.26. The first-order chi connectivity index (χ1) is 10.6. The van der Waals surface area contributed by atoms with Crippen molar-refractivity contribution in [3.63, 3.8) is 0 Å². The summed E-state index contributed by atoms with van der Waals surface area (Å²) in [6.07, 6.45) is 0.503. The Morgan fingerprint density at radius 2 is 1.68 bits per heavy atom. The van der Waals surface area contributed by atoms with Gasteiger partial charge in [-0.05, 0) is 49.8 Å². The molecule has 1 saturated carbocycles. The third-order valence-corrected chi connectivity index (χ3v) is 5.17. The summed E-state index contributed by atoms with van der Waals surface area (Å²) in [5.74, 6) is 1.46. The standard InChI is InChI=1S/C20H21FO/c1-12-3-6-14(7-4-12)20-18-11-15(21)10-16(18)17-9-13(2)5-8-19(17)22-20/h3-9,15-16,18,20H,10-11H2,1-2H3/t15-,16+,18+,20+/m0/s1. The van der Waals surface area contributed by atoms with Crippen LogP contribution >= 0.6 is 0 Å². The van der Waals surface area contributed by atoms with Crippen molar-refractivity contribution in [1.82, 2.24) is 0 Å². The van der Waals surface area contributed by atoms with Crippen LogP contribution in [0.15, 0.2) is 42.5 Å². The van der Waals surface area contributed by atoms with E-state index in [1.807, 2.05) is 6.07 Å². The smallest absolute Gasteiger partial charge is 0.127 e. The van der Waals surface area contributed by atoms with Gasteiger partial charge >= 0.3 is 0 Å². The predicted octanol–water partition coefficient (Wildman–Crippen LogP) is 5.27. The molecule has 2 heteroatoms. The summed E-state index contributed by atoms with van der Waals surface area (Å²) in [4.78, 5) is 0. The molecule has 114 valence electrons. The Balaban J connectivity index is 1.78. The normalized spacial score (nSPS) is 29.6. The van der Waals surface area contributed by atoms with Gasteiger partial charge in [-0.2, -0.15) is 0 Å². The Hall–Kier alpha value is -1.83. The molecule has 0 bridgehead atoms. The van der Waals surface area contributed by atoms with Crippen molar-refractivity contribution < 1.29 is 9.13 Å². The van der Waals surface area contributed by atoms with Gasteiger partial charge in [0.25, 0.3) is 0 Å². The summed E-state index contributed by atoms with van der Waals surface area (Å²) >= 11 is 0. The molecule has 1 nitrogen and oxygen atoms in total. The van der Waals surface area contributed by atoms with Crippen LogP contribution in [0.3, 0.4) is 0 Å². The molecule has 1 aliphatic carbocycles. The van der Waals surface area contributed by atoms with Gasteiger partial charge in [0.15, 0.2) is 0 Å². The minimum absolute atomic E-state index is 0.0263. The predicted molar refractivity (Wildman–Crippen MR) is 86.1 cm³/mol. The van der Waals surface area contributed by atoms with E-state index in [2.05, 4.69) is 50.2 Å². The molecule has 1 aliphatic heterocycles. The summed E-state index contributed by atoms with van der Waals surface area (Å²) in [6.45, 7) is 4.17. The highest BCUT2D eigenvalue weighted by Gasteiger charge is 2.45. The molecule has 0 unspecified atom stereocenters. The fraction of sp³-hybridized carbons (Fsp3) is 0.400. The van der Waals surface area contributed by atoms with Crippen molar-refractivity contribution in [2.45, 2.75) is 44.9 Å². The summed E-state index contributed by atoms with van der Waals surface area (Å²) in [5.41, 5.74) is 4.83. The van der Waals surface area contributed by atoms with E-state index in [1.165, 1.54) is 22.3 Å². The molecule has 22 heavy (non-hydrogen) atoms. The number of rotatable bonds is 1. The van der Waals surface area contributed by atoms with Gasteiger partial charge in [0, 0.05) is 5.92 Å². The van der Waals surface area contributed by atoms with E-state index < -0.39 is 6.17 Å². The van der Waals surface area contributed by atoms with E-state index in [0.717, 1.165) is 5.75 Å². The summed E-state index contributed by atoms with van der Waals surface area (Å²) in [7, 11) is 0. The first kappa shape index (κ1) is 13.8. The topological polar surface area (TPSA) is 9.23 Å². The lowest BCUT2D eigenvalue weighted by atomic mass is 9.79. The molecule has 0 spiro atoms. The second-order valence-electron chi connectivity index (χ2n) is 6.83. The molecular weight excluding hydrogens is 275 g/mol. The van der Waals surface area contributed by atoms with Crippen LogP contribution < -0.4 is 4.74 Å². The van der Waals surface area contributed by atoms with Gasteiger partial charge in [0.1, 0.15) is 18.0 Å². The average molecular weight is 296 g/mol. The van der Waals surface area contributed by atoms with Gasteiger partial charge in [-0.3, -0.25) is 0 Å². The van der Waals surface area contributed by atoms with Crippen LogP contribution in [-0.4, -0.2) is 6.17 Å². The Bertz CT molecular complexity index is 691. The molecular formula is C20H21FO. The minimum Gasteiger partial charge on any atom is -0.485 e. The molecule has 0 saturated heterocycles. The average Bonchev–Trinajstić information content (AvgIpc) is 2.89. The molecule has 2 aromatic carbocycles. The first-order valence-electron chi connectivity index (χ1n) is 8.09. The first-order valence-corrected chi connectivity index (χ1v) is 8.09. The number of ether oxygens (including phenoxy) is 1. The van der Waals surface area contributed by atoms with Crippen molar-refractivity contribution in [3.8, 4) is 5.75 Å².